The Bertz CT molecular complexity index is 483. The minimum absolute atomic E-state index is 0.0711. The summed E-state index contributed by atoms with van der Waals surface area (Å²) < 4.78 is 5.17. The molecule has 0 radical (unpaired) electrons. The molecule has 20 heavy (non-hydrogen) atoms. The van der Waals surface area contributed by atoms with Crippen LogP contribution in [0.5, 0.6) is 0 Å². The van der Waals surface area contributed by atoms with Crippen molar-refractivity contribution in [1.82, 2.24) is 20.1 Å². The summed E-state index contributed by atoms with van der Waals surface area (Å²) in [6, 6.07) is -0.976. The molecule has 0 aromatic carbocycles. The van der Waals surface area contributed by atoms with Gasteiger partial charge in [0.05, 0.1) is 31.6 Å². The van der Waals surface area contributed by atoms with Crippen LogP contribution >= 0.6 is 0 Å². The van der Waals surface area contributed by atoms with Gasteiger partial charge in [0.1, 0.15) is 5.92 Å². The molecule has 0 aliphatic carbocycles. The lowest BCUT2D eigenvalue weighted by atomic mass is 10.0. The molecule has 2 atom stereocenters. The summed E-state index contributed by atoms with van der Waals surface area (Å²) >= 11 is 0. The average molecular weight is 281 g/mol. The molecule has 9 nitrogen and oxygen atoms in total. The van der Waals surface area contributed by atoms with Gasteiger partial charge in [-0.2, -0.15) is 5.10 Å². The number of carbonyl (C=O) groups is 2. The minimum atomic E-state index is -0.976. The number of hydrogen-bond acceptors (Lipinski definition) is 6. The Morgan fingerprint density at radius 1 is 1.50 bits per heavy atom. The van der Waals surface area contributed by atoms with Crippen LogP contribution in [0, 0.1) is 5.92 Å². The Morgan fingerprint density at radius 2 is 2.30 bits per heavy atom. The van der Waals surface area contributed by atoms with Gasteiger partial charge in [-0.25, -0.2) is 9.78 Å². The lowest BCUT2D eigenvalue weighted by Crippen LogP contribution is -2.48. The van der Waals surface area contributed by atoms with E-state index in [-0.39, 0.29) is 19.2 Å². The van der Waals surface area contributed by atoms with Gasteiger partial charge in [0.15, 0.2) is 0 Å². The van der Waals surface area contributed by atoms with Crippen LogP contribution < -0.4 is 5.32 Å². The van der Waals surface area contributed by atoms with Crippen LogP contribution in [0.25, 0.3) is 0 Å². The first kappa shape index (κ1) is 14.1. The molecule has 2 amide bonds. The quantitative estimate of drug-likeness (QED) is 0.786. The molecule has 2 rings (SSSR count). The largest absolute Gasteiger partial charge is 0.481 e. The van der Waals surface area contributed by atoms with E-state index >= 15 is 0 Å². The van der Waals surface area contributed by atoms with E-state index in [9.17, 15) is 9.59 Å². The number of ether oxygens (including phenoxy) is 1. The SMILES string of the molecule is CCN(C(=O)Nc1nccnn1)C1COCC1C(=O)O. The maximum Gasteiger partial charge on any atom is 0.324 e. The van der Waals surface area contributed by atoms with E-state index < -0.39 is 24.0 Å². The van der Waals surface area contributed by atoms with E-state index in [1.165, 1.54) is 17.3 Å². The molecule has 0 bridgehead atoms. The Morgan fingerprint density at radius 3 is 2.90 bits per heavy atom. The van der Waals surface area contributed by atoms with Crippen molar-refractivity contribution in [2.45, 2.75) is 13.0 Å². The molecule has 1 fully saturated rings. The maximum atomic E-state index is 12.2. The Labute approximate surface area is 115 Å². The summed E-state index contributed by atoms with van der Waals surface area (Å²) in [5.41, 5.74) is 0. The van der Waals surface area contributed by atoms with Gasteiger partial charge < -0.3 is 14.7 Å². The topological polar surface area (TPSA) is 118 Å². The van der Waals surface area contributed by atoms with Crippen LogP contribution in [0.15, 0.2) is 12.4 Å². The monoisotopic (exact) mass is 281 g/mol. The van der Waals surface area contributed by atoms with Crippen LogP contribution in [-0.2, 0) is 9.53 Å². The van der Waals surface area contributed by atoms with Gasteiger partial charge in [-0.3, -0.25) is 10.1 Å². The fraction of sp³-hybridized carbons (Fsp3) is 0.545. The summed E-state index contributed by atoms with van der Waals surface area (Å²) in [7, 11) is 0. The van der Waals surface area contributed by atoms with Crippen LogP contribution in [0.1, 0.15) is 6.92 Å². The number of aromatic nitrogens is 3. The van der Waals surface area contributed by atoms with Crippen molar-refractivity contribution >= 4 is 17.9 Å². The first-order valence-corrected chi connectivity index (χ1v) is 6.15. The van der Waals surface area contributed by atoms with Crippen molar-refractivity contribution in [2.75, 3.05) is 25.1 Å². The highest BCUT2D eigenvalue weighted by molar-refractivity contribution is 5.88. The van der Waals surface area contributed by atoms with E-state index in [1.54, 1.807) is 6.92 Å². The molecule has 2 N–H and O–H groups in total. The third-order valence-electron chi connectivity index (χ3n) is 3.07. The van der Waals surface area contributed by atoms with Crippen molar-refractivity contribution in [1.29, 1.82) is 0 Å². The second-order valence-electron chi connectivity index (χ2n) is 4.23. The number of nitrogens with one attached hydrogen (secondary N) is 1. The van der Waals surface area contributed by atoms with Crippen LogP contribution in [-0.4, -0.2) is 63.0 Å². The lowest BCUT2D eigenvalue weighted by Gasteiger charge is -2.28. The third-order valence-corrected chi connectivity index (χ3v) is 3.07. The summed E-state index contributed by atoms with van der Waals surface area (Å²) in [5.74, 6) is -1.63. The van der Waals surface area contributed by atoms with Crippen molar-refractivity contribution in [2.24, 2.45) is 5.92 Å². The van der Waals surface area contributed by atoms with Crippen LogP contribution in [0.3, 0.4) is 0 Å². The fourth-order valence-corrected chi connectivity index (χ4v) is 2.09. The highest BCUT2D eigenvalue weighted by Gasteiger charge is 2.39. The van der Waals surface area contributed by atoms with Crippen molar-refractivity contribution in [3.8, 4) is 0 Å². The Balaban J connectivity index is 2.07. The van der Waals surface area contributed by atoms with Gasteiger partial charge in [-0.05, 0) is 6.92 Å². The predicted molar refractivity (Wildman–Crippen MR) is 67.0 cm³/mol. The first-order valence-electron chi connectivity index (χ1n) is 6.15. The summed E-state index contributed by atoms with van der Waals surface area (Å²) in [6.45, 7) is 2.42. The van der Waals surface area contributed by atoms with Gasteiger partial charge >= 0.3 is 12.0 Å². The predicted octanol–water partition coefficient (Wildman–Crippen LogP) is -0.175. The van der Waals surface area contributed by atoms with Crippen LogP contribution in [0.2, 0.25) is 0 Å². The zero-order valence-corrected chi connectivity index (χ0v) is 10.9. The molecule has 0 saturated carbocycles. The van der Waals surface area contributed by atoms with Gasteiger partial charge in [0.25, 0.3) is 5.95 Å². The normalized spacial score (nSPS) is 21.4. The highest BCUT2D eigenvalue weighted by atomic mass is 16.5. The molecular formula is C11H15N5O4. The Kier molecular flexibility index (Phi) is 4.41. The summed E-state index contributed by atoms with van der Waals surface area (Å²) in [5, 5.41) is 18.9. The molecule has 2 heterocycles. The highest BCUT2D eigenvalue weighted by Crippen LogP contribution is 2.20. The number of amides is 2. The zero-order valence-electron chi connectivity index (χ0n) is 10.9. The molecule has 9 heteroatoms. The molecule has 1 aliphatic rings. The Hall–Kier alpha value is -2.29. The maximum absolute atomic E-state index is 12.2. The second kappa shape index (κ2) is 6.24. The van der Waals surface area contributed by atoms with E-state index in [0.29, 0.717) is 6.54 Å². The number of rotatable bonds is 4. The number of likely N-dealkylation sites (N-methyl/N-ethyl adjacent to an activating group) is 1. The van der Waals surface area contributed by atoms with Gasteiger partial charge in [-0.15, -0.1) is 5.10 Å². The van der Waals surface area contributed by atoms with E-state index in [2.05, 4.69) is 20.5 Å². The molecule has 1 saturated heterocycles. The van der Waals surface area contributed by atoms with Crippen molar-refractivity contribution in [3.63, 3.8) is 0 Å². The number of carbonyl (C=O) groups excluding carboxylic acids is 1. The number of nitrogens with zero attached hydrogens (tertiary/aromatic N) is 4. The first-order chi connectivity index (χ1) is 9.63. The standard InChI is InChI=1S/C11H15N5O4/c1-2-16(8-6-20-5-7(8)9(17)18)11(19)14-10-12-3-4-13-15-10/h3-4,7-8H,2,5-6H2,1H3,(H,17,18)(H,12,14,15,19). The number of hydrogen-bond donors (Lipinski definition) is 2. The van der Waals surface area contributed by atoms with Gasteiger partial charge in [0.2, 0.25) is 0 Å². The molecule has 1 aromatic heterocycles. The summed E-state index contributed by atoms with van der Waals surface area (Å²) in [4.78, 5) is 28.5. The van der Waals surface area contributed by atoms with Gasteiger partial charge in [0, 0.05) is 6.54 Å². The fourth-order valence-electron chi connectivity index (χ4n) is 2.09. The summed E-state index contributed by atoms with van der Waals surface area (Å²) in [6.07, 6.45) is 2.79. The molecule has 108 valence electrons. The minimum Gasteiger partial charge on any atom is -0.481 e. The number of anilines is 1. The molecule has 1 aromatic rings. The van der Waals surface area contributed by atoms with E-state index in [1.807, 2.05) is 0 Å². The lowest BCUT2D eigenvalue weighted by molar-refractivity contribution is -0.142. The van der Waals surface area contributed by atoms with E-state index in [0.717, 1.165) is 0 Å². The number of carboxylic acid groups (broad SMARTS) is 1. The third kappa shape index (κ3) is 2.99. The molecule has 1 aliphatic heterocycles. The van der Waals surface area contributed by atoms with Crippen LogP contribution in [0.4, 0.5) is 10.7 Å². The molecule has 2 unspecified atom stereocenters. The number of aliphatic carboxylic acids is 1. The zero-order chi connectivity index (χ0) is 14.5. The molecular weight excluding hydrogens is 266 g/mol. The second-order valence-corrected chi connectivity index (χ2v) is 4.23. The average Bonchev–Trinajstić information content (AvgIpc) is 2.90. The van der Waals surface area contributed by atoms with Crippen molar-refractivity contribution < 1.29 is 19.4 Å². The van der Waals surface area contributed by atoms with Crippen molar-refractivity contribution in [3.05, 3.63) is 12.4 Å². The van der Waals surface area contributed by atoms with E-state index in [4.69, 9.17) is 9.84 Å². The smallest absolute Gasteiger partial charge is 0.324 e. The number of urea groups is 1. The molecule has 0 spiro atoms. The number of carboxylic acids is 1. The van der Waals surface area contributed by atoms with Gasteiger partial charge in [-0.1, -0.05) is 0 Å².